The number of carbonyl (C=O) groups excluding carboxylic acids is 1. The average Bonchev–Trinajstić information content (AvgIpc) is 2.84. The number of carboxylic acids is 1. The Hall–Kier alpha value is -1.30. The third kappa shape index (κ3) is 3.67. The number of rotatable bonds is 7. The van der Waals surface area contributed by atoms with E-state index in [2.05, 4.69) is 0 Å². The number of aliphatic hydroxyl groups is 1. The van der Waals surface area contributed by atoms with Crippen LogP contribution in [-0.2, 0) is 4.79 Å². The van der Waals surface area contributed by atoms with Crippen LogP contribution in [0.1, 0.15) is 52.9 Å². The van der Waals surface area contributed by atoms with Crippen molar-refractivity contribution in [1.82, 2.24) is 9.80 Å². The van der Waals surface area contributed by atoms with Crippen LogP contribution >= 0.6 is 0 Å². The first-order chi connectivity index (χ1) is 9.90. The Labute approximate surface area is 126 Å². The summed E-state index contributed by atoms with van der Waals surface area (Å²) in [6.45, 7) is 6.73. The number of aliphatic hydroxyl groups excluding tert-OH is 1. The monoisotopic (exact) mass is 300 g/mol. The van der Waals surface area contributed by atoms with Gasteiger partial charge in [-0.05, 0) is 39.5 Å². The fourth-order valence-electron chi connectivity index (χ4n) is 3.13. The lowest BCUT2D eigenvalue weighted by Gasteiger charge is -2.39. The fraction of sp³-hybridized carbons (Fsp3) is 0.867. The molecule has 0 aromatic carbocycles. The second kappa shape index (κ2) is 7.64. The number of hydrogen-bond acceptors (Lipinski definition) is 3. The molecule has 6 nitrogen and oxygen atoms in total. The molecule has 6 heteroatoms. The predicted octanol–water partition coefficient (Wildman–Crippen LogP) is 1.92. The molecule has 122 valence electrons. The van der Waals surface area contributed by atoms with Gasteiger partial charge in [0.1, 0.15) is 5.54 Å². The van der Waals surface area contributed by atoms with Gasteiger partial charge in [0.05, 0.1) is 0 Å². The highest BCUT2D eigenvalue weighted by Gasteiger charge is 2.50. The van der Waals surface area contributed by atoms with Gasteiger partial charge in [-0.2, -0.15) is 0 Å². The standard InChI is InChI=1S/C15H28N2O4/c1-4-7-15(13(19)20)8-5-10-17(15)14(21)16(12(2)3)9-6-11-18/h12,18H,4-11H2,1-3H3,(H,19,20). The molecule has 1 fully saturated rings. The van der Waals surface area contributed by atoms with E-state index in [1.165, 1.54) is 4.90 Å². The summed E-state index contributed by atoms with van der Waals surface area (Å²) < 4.78 is 0. The van der Waals surface area contributed by atoms with Gasteiger partial charge in [-0.25, -0.2) is 9.59 Å². The summed E-state index contributed by atoms with van der Waals surface area (Å²) in [5, 5.41) is 18.6. The van der Waals surface area contributed by atoms with Gasteiger partial charge < -0.3 is 20.0 Å². The number of amides is 2. The molecule has 2 amide bonds. The van der Waals surface area contributed by atoms with Crippen LogP contribution < -0.4 is 0 Å². The van der Waals surface area contributed by atoms with Gasteiger partial charge in [0.15, 0.2) is 0 Å². The van der Waals surface area contributed by atoms with Crippen LogP contribution in [0.25, 0.3) is 0 Å². The number of carboxylic acid groups (broad SMARTS) is 1. The number of urea groups is 1. The third-order valence-corrected chi connectivity index (χ3v) is 4.21. The van der Waals surface area contributed by atoms with Crippen molar-refractivity contribution < 1.29 is 19.8 Å². The molecule has 0 aromatic heterocycles. The van der Waals surface area contributed by atoms with Crippen LogP contribution in [0.15, 0.2) is 0 Å². The van der Waals surface area contributed by atoms with E-state index in [1.807, 2.05) is 20.8 Å². The Bertz CT molecular complexity index is 373. The van der Waals surface area contributed by atoms with Crippen LogP contribution in [0.2, 0.25) is 0 Å². The highest BCUT2D eigenvalue weighted by Crippen LogP contribution is 2.35. The number of carbonyl (C=O) groups is 2. The van der Waals surface area contributed by atoms with Crippen LogP contribution in [0.3, 0.4) is 0 Å². The molecule has 1 aliphatic rings. The lowest BCUT2D eigenvalue weighted by atomic mass is 9.91. The molecule has 1 heterocycles. The molecule has 0 aliphatic carbocycles. The number of hydrogen-bond donors (Lipinski definition) is 2. The molecular formula is C15H28N2O4. The van der Waals surface area contributed by atoms with Crippen molar-refractivity contribution in [3.8, 4) is 0 Å². The van der Waals surface area contributed by atoms with E-state index in [0.717, 1.165) is 12.8 Å². The second-order valence-corrected chi connectivity index (χ2v) is 5.99. The predicted molar refractivity (Wildman–Crippen MR) is 80.2 cm³/mol. The van der Waals surface area contributed by atoms with E-state index < -0.39 is 11.5 Å². The van der Waals surface area contributed by atoms with Gasteiger partial charge in [0.2, 0.25) is 0 Å². The summed E-state index contributed by atoms with van der Waals surface area (Å²) in [6, 6.07) is -0.232. The topological polar surface area (TPSA) is 81.1 Å². The van der Waals surface area contributed by atoms with Crippen LogP contribution in [0, 0.1) is 0 Å². The lowest BCUT2D eigenvalue weighted by Crippen LogP contribution is -2.58. The zero-order valence-electron chi connectivity index (χ0n) is 13.3. The van der Waals surface area contributed by atoms with E-state index in [1.54, 1.807) is 4.90 Å². The normalized spacial score (nSPS) is 21.9. The van der Waals surface area contributed by atoms with Crippen molar-refractivity contribution in [3.05, 3.63) is 0 Å². The van der Waals surface area contributed by atoms with E-state index in [4.69, 9.17) is 5.11 Å². The Morgan fingerprint density at radius 2 is 2.05 bits per heavy atom. The minimum atomic E-state index is -1.06. The summed E-state index contributed by atoms with van der Waals surface area (Å²) >= 11 is 0. The Kier molecular flexibility index (Phi) is 6.45. The number of aliphatic carboxylic acids is 1. The maximum atomic E-state index is 12.8. The quantitative estimate of drug-likeness (QED) is 0.752. The van der Waals surface area contributed by atoms with E-state index in [0.29, 0.717) is 32.4 Å². The summed E-state index contributed by atoms with van der Waals surface area (Å²) in [5.41, 5.74) is -1.06. The number of likely N-dealkylation sites (tertiary alicyclic amines) is 1. The van der Waals surface area contributed by atoms with Crippen LogP contribution in [0.5, 0.6) is 0 Å². The van der Waals surface area contributed by atoms with Crippen molar-refractivity contribution in [2.75, 3.05) is 19.7 Å². The van der Waals surface area contributed by atoms with Crippen molar-refractivity contribution in [3.63, 3.8) is 0 Å². The largest absolute Gasteiger partial charge is 0.479 e. The molecule has 1 atom stereocenters. The summed E-state index contributed by atoms with van der Waals surface area (Å²) in [4.78, 5) is 27.8. The van der Waals surface area contributed by atoms with Crippen molar-refractivity contribution in [2.24, 2.45) is 0 Å². The van der Waals surface area contributed by atoms with Crippen molar-refractivity contribution in [1.29, 1.82) is 0 Å². The van der Waals surface area contributed by atoms with Crippen LogP contribution in [0.4, 0.5) is 4.79 Å². The molecule has 0 saturated carbocycles. The maximum Gasteiger partial charge on any atom is 0.329 e. The zero-order chi connectivity index (χ0) is 16.0. The molecule has 1 saturated heterocycles. The van der Waals surface area contributed by atoms with Gasteiger partial charge in [0.25, 0.3) is 0 Å². The highest BCUT2D eigenvalue weighted by molar-refractivity contribution is 5.87. The van der Waals surface area contributed by atoms with Crippen molar-refractivity contribution >= 4 is 12.0 Å². The van der Waals surface area contributed by atoms with Gasteiger partial charge in [-0.3, -0.25) is 0 Å². The molecule has 1 rings (SSSR count). The van der Waals surface area contributed by atoms with Gasteiger partial charge in [0, 0.05) is 25.7 Å². The molecule has 21 heavy (non-hydrogen) atoms. The number of nitrogens with zero attached hydrogens (tertiary/aromatic N) is 2. The minimum absolute atomic E-state index is 0.0160. The van der Waals surface area contributed by atoms with Crippen LogP contribution in [-0.4, -0.2) is 63.3 Å². The minimum Gasteiger partial charge on any atom is -0.479 e. The van der Waals surface area contributed by atoms with E-state index in [-0.39, 0.29) is 18.7 Å². The lowest BCUT2D eigenvalue weighted by molar-refractivity contribution is -0.149. The van der Waals surface area contributed by atoms with Gasteiger partial charge in [-0.1, -0.05) is 13.3 Å². The SMILES string of the molecule is CCCC1(C(=O)O)CCCN1C(=O)N(CCCO)C(C)C. The summed E-state index contributed by atoms with van der Waals surface area (Å²) in [5.74, 6) is -0.902. The Morgan fingerprint density at radius 1 is 1.38 bits per heavy atom. The first-order valence-electron chi connectivity index (χ1n) is 7.83. The average molecular weight is 300 g/mol. The first kappa shape index (κ1) is 17.8. The fourth-order valence-corrected chi connectivity index (χ4v) is 3.13. The summed E-state index contributed by atoms with van der Waals surface area (Å²) in [6.07, 6.45) is 2.97. The Balaban J connectivity index is 2.98. The Morgan fingerprint density at radius 3 is 2.52 bits per heavy atom. The summed E-state index contributed by atoms with van der Waals surface area (Å²) in [7, 11) is 0. The molecule has 0 radical (unpaired) electrons. The molecule has 0 aromatic rings. The van der Waals surface area contributed by atoms with E-state index in [9.17, 15) is 14.7 Å². The maximum absolute atomic E-state index is 12.8. The molecule has 1 aliphatic heterocycles. The second-order valence-electron chi connectivity index (χ2n) is 5.99. The van der Waals surface area contributed by atoms with E-state index >= 15 is 0 Å². The zero-order valence-corrected chi connectivity index (χ0v) is 13.3. The highest BCUT2D eigenvalue weighted by atomic mass is 16.4. The van der Waals surface area contributed by atoms with Gasteiger partial charge in [-0.15, -0.1) is 0 Å². The molecular weight excluding hydrogens is 272 g/mol. The molecule has 0 spiro atoms. The smallest absolute Gasteiger partial charge is 0.329 e. The molecule has 1 unspecified atom stereocenters. The molecule has 0 bridgehead atoms. The third-order valence-electron chi connectivity index (χ3n) is 4.21. The first-order valence-corrected chi connectivity index (χ1v) is 7.83. The van der Waals surface area contributed by atoms with Crippen molar-refractivity contribution in [2.45, 2.75) is 64.5 Å². The van der Waals surface area contributed by atoms with Gasteiger partial charge >= 0.3 is 12.0 Å². The molecule has 2 N–H and O–H groups in total.